The Morgan fingerprint density at radius 2 is 1.65 bits per heavy atom. The molecule has 0 aliphatic carbocycles. The molecular weight excluding hydrogens is 694 g/mol. The zero-order chi connectivity index (χ0) is 38.1. The first-order chi connectivity index (χ1) is 26.0. The van der Waals surface area contributed by atoms with E-state index in [0.717, 1.165) is 23.8 Å². The van der Waals surface area contributed by atoms with Gasteiger partial charge in [0.15, 0.2) is 0 Å². The molecule has 3 aromatic carbocycles. The Bertz CT molecular complexity index is 2140. The van der Waals surface area contributed by atoms with Crippen LogP contribution in [0.2, 0.25) is 0 Å². The average molecular weight is 741 g/mol. The first-order valence-corrected chi connectivity index (χ1v) is 18.6. The van der Waals surface area contributed by atoms with Gasteiger partial charge in [0.25, 0.3) is 5.56 Å². The number of aromatic nitrogens is 1. The third kappa shape index (κ3) is 7.54. The van der Waals surface area contributed by atoms with Crippen molar-refractivity contribution in [1.82, 2.24) is 19.7 Å². The van der Waals surface area contributed by atoms with E-state index in [1.807, 2.05) is 41.1 Å². The van der Waals surface area contributed by atoms with E-state index in [1.165, 1.54) is 23.8 Å². The number of nitrogens with one attached hydrogen (secondary N) is 2. The molecule has 3 amide bonds. The molecule has 0 radical (unpaired) electrons. The number of halogens is 2. The zero-order valence-electron chi connectivity index (χ0n) is 30.9. The lowest BCUT2D eigenvalue weighted by Crippen LogP contribution is -2.49. The van der Waals surface area contributed by atoms with E-state index in [0.29, 0.717) is 85.6 Å². The van der Waals surface area contributed by atoms with Crippen molar-refractivity contribution in [2.45, 2.75) is 57.2 Å². The van der Waals surface area contributed by atoms with E-state index < -0.39 is 17.8 Å². The van der Waals surface area contributed by atoms with Gasteiger partial charge in [-0.25, -0.2) is 8.78 Å². The number of likely N-dealkylation sites (tertiary alicyclic amines) is 1. The van der Waals surface area contributed by atoms with Crippen LogP contribution in [0.1, 0.15) is 44.1 Å². The maximum atomic E-state index is 15.8. The number of carbonyl (C=O) groups excluding carboxylic acids is 3. The summed E-state index contributed by atoms with van der Waals surface area (Å²) in [6.07, 6.45) is 5.07. The Morgan fingerprint density at radius 3 is 2.33 bits per heavy atom. The molecule has 1 unspecified atom stereocenters. The van der Waals surface area contributed by atoms with E-state index in [-0.39, 0.29) is 41.6 Å². The number of amides is 3. The fourth-order valence-corrected chi connectivity index (χ4v) is 8.16. The van der Waals surface area contributed by atoms with Crippen LogP contribution in [0.5, 0.6) is 5.75 Å². The Balaban J connectivity index is 0.923. The van der Waals surface area contributed by atoms with E-state index in [2.05, 4.69) is 15.5 Å². The Kier molecular flexibility index (Phi) is 10.7. The topological polar surface area (TPSA) is 116 Å². The maximum Gasteiger partial charge on any atom is 0.258 e. The normalized spacial score (nSPS) is 18.8. The van der Waals surface area contributed by atoms with E-state index in [4.69, 9.17) is 4.74 Å². The molecule has 7 rings (SSSR count). The third-order valence-electron chi connectivity index (χ3n) is 11.3. The Morgan fingerprint density at radius 1 is 0.926 bits per heavy atom. The minimum Gasteiger partial charge on any atom is -0.496 e. The Hall–Kier alpha value is -5.30. The van der Waals surface area contributed by atoms with E-state index in [9.17, 15) is 19.2 Å². The van der Waals surface area contributed by atoms with Crippen molar-refractivity contribution in [3.63, 3.8) is 0 Å². The van der Waals surface area contributed by atoms with Crippen molar-refractivity contribution in [1.29, 1.82) is 0 Å². The number of hydrogen-bond donors (Lipinski definition) is 2. The number of piperidine rings is 3. The summed E-state index contributed by atoms with van der Waals surface area (Å²) in [4.78, 5) is 55.9. The number of nitrogens with zero attached hydrogens (tertiary/aromatic N) is 4. The number of methoxy groups -OCH3 is 1. The highest BCUT2D eigenvalue weighted by Crippen LogP contribution is 2.35. The minimum atomic E-state index is -0.593. The first kappa shape index (κ1) is 37.0. The third-order valence-corrected chi connectivity index (χ3v) is 11.3. The van der Waals surface area contributed by atoms with Gasteiger partial charge in [0.2, 0.25) is 17.7 Å². The van der Waals surface area contributed by atoms with Crippen molar-refractivity contribution < 1.29 is 27.9 Å². The van der Waals surface area contributed by atoms with Crippen LogP contribution in [-0.4, -0.2) is 84.5 Å². The molecule has 1 atom stereocenters. The lowest BCUT2D eigenvalue weighted by atomic mass is 9.93. The summed E-state index contributed by atoms with van der Waals surface area (Å²) in [5.74, 6) is -1.10. The molecule has 3 saturated heterocycles. The molecule has 284 valence electrons. The molecule has 3 fully saturated rings. The molecule has 13 heteroatoms. The van der Waals surface area contributed by atoms with Crippen LogP contribution in [0.4, 0.5) is 20.2 Å². The number of benzene rings is 3. The van der Waals surface area contributed by atoms with Gasteiger partial charge in [0, 0.05) is 93.6 Å². The van der Waals surface area contributed by atoms with Crippen molar-refractivity contribution in [3.05, 3.63) is 88.3 Å². The molecular formula is C41H46F2N6O5. The van der Waals surface area contributed by atoms with Crippen molar-refractivity contribution in [3.8, 4) is 16.9 Å². The highest BCUT2D eigenvalue weighted by Gasteiger charge is 2.33. The number of carbonyl (C=O) groups is 3. The average Bonchev–Trinajstić information content (AvgIpc) is 3.18. The van der Waals surface area contributed by atoms with Crippen LogP contribution in [-0.2, 0) is 28.0 Å². The van der Waals surface area contributed by atoms with Gasteiger partial charge < -0.3 is 24.4 Å². The summed E-state index contributed by atoms with van der Waals surface area (Å²) in [7, 11) is 5.09. The summed E-state index contributed by atoms with van der Waals surface area (Å²) in [5.41, 5.74) is 2.67. The molecule has 3 aliphatic heterocycles. The van der Waals surface area contributed by atoms with Gasteiger partial charge in [-0.15, -0.1) is 0 Å². The van der Waals surface area contributed by atoms with Crippen LogP contribution in [0.25, 0.3) is 21.9 Å². The number of pyridine rings is 1. The second kappa shape index (κ2) is 15.6. The largest absolute Gasteiger partial charge is 0.496 e. The number of anilines is 2. The van der Waals surface area contributed by atoms with Gasteiger partial charge in [0.05, 0.1) is 12.8 Å². The number of aryl methyl sites for hydroxylation is 1. The zero-order valence-corrected chi connectivity index (χ0v) is 30.9. The highest BCUT2D eigenvalue weighted by molar-refractivity contribution is 6.01. The van der Waals surface area contributed by atoms with Gasteiger partial charge in [-0.05, 0) is 79.5 Å². The molecule has 0 bridgehead atoms. The maximum absolute atomic E-state index is 15.8. The summed E-state index contributed by atoms with van der Waals surface area (Å²) in [6.45, 7) is 2.86. The first-order valence-electron chi connectivity index (χ1n) is 18.6. The minimum absolute atomic E-state index is 0.0701. The highest BCUT2D eigenvalue weighted by atomic mass is 19.1. The van der Waals surface area contributed by atoms with Crippen molar-refractivity contribution >= 4 is 39.9 Å². The van der Waals surface area contributed by atoms with Crippen LogP contribution in [0, 0.1) is 17.6 Å². The van der Waals surface area contributed by atoms with Gasteiger partial charge in [-0.3, -0.25) is 29.4 Å². The second-order valence-electron chi connectivity index (χ2n) is 14.7. The van der Waals surface area contributed by atoms with Gasteiger partial charge in [0.1, 0.15) is 23.4 Å². The molecule has 11 nitrogen and oxygen atoms in total. The molecule has 1 aromatic heterocycles. The predicted molar refractivity (Wildman–Crippen MR) is 203 cm³/mol. The summed E-state index contributed by atoms with van der Waals surface area (Å²) < 4.78 is 38.3. The number of ether oxygens (including phenoxy) is 1. The quantitative estimate of drug-likeness (QED) is 0.229. The molecule has 54 heavy (non-hydrogen) atoms. The van der Waals surface area contributed by atoms with E-state index >= 15 is 8.78 Å². The lowest BCUT2D eigenvalue weighted by molar-refractivity contribution is -0.138. The number of fused-ring (bicyclic) bond motifs is 1. The number of imide groups is 1. The number of hydrogen-bond acceptors (Lipinski definition) is 8. The Labute approximate surface area is 312 Å². The summed E-state index contributed by atoms with van der Waals surface area (Å²) in [6, 6.07) is 14.9. The fraction of sp³-hybridized carbons (Fsp3) is 0.415. The number of rotatable bonds is 9. The second-order valence-corrected chi connectivity index (χ2v) is 14.7. The van der Waals surface area contributed by atoms with Crippen LogP contribution < -0.4 is 25.8 Å². The van der Waals surface area contributed by atoms with Crippen molar-refractivity contribution in [2.75, 3.05) is 50.6 Å². The molecule has 2 N–H and O–H groups in total. The SMILES string of the molecule is COc1cc(-c2cn(C)c(=O)c3ccccc23)cc(F)c1CN1CCC(N(C)C(=O)C2CCN(c3ccc(NC4CCC(=O)NC4=O)cc3F)CC2)CC1. The standard InChI is InChI=1S/C41H46F2N6O5/c1-46-23-31(29-6-4-5-7-30(29)41(46)53)26-20-33(42)32(37(21-26)54-3)24-48-16-14-28(15-17-48)47(2)40(52)25-12-18-49(19-13-25)36-10-8-27(22-34(36)43)44-35-9-11-38(50)45-39(35)51/h4-8,10,20-23,25,28,35,44H,9,11-19,24H2,1-3H3,(H,45,50,51). The molecule has 4 heterocycles. The van der Waals surface area contributed by atoms with Gasteiger partial charge in [-0.1, -0.05) is 18.2 Å². The predicted octanol–water partition coefficient (Wildman–Crippen LogP) is 5.05. The van der Waals surface area contributed by atoms with Gasteiger partial charge >= 0.3 is 0 Å². The smallest absolute Gasteiger partial charge is 0.258 e. The van der Waals surface area contributed by atoms with Gasteiger partial charge in [-0.2, -0.15) is 0 Å². The molecule has 3 aliphatic rings. The van der Waals surface area contributed by atoms with E-state index in [1.54, 1.807) is 31.4 Å². The molecule has 4 aromatic rings. The lowest BCUT2D eigenvalue weighted by Gasteiger charge is -2.40. The van der Waals surface area contributed by atoms with Crippen LogP contribution in [0.3, 0.4) is 0 Å². The van der Waals surface area contributed by atoms with Crippen LogP contribution in [0.15, 0.2) is 65.6 Å². The fourth-order valence-electron chi connectivity index (χ4n) is 8.16. The van der Waals surface area contributed by atoms with Crippen molar-refractivity contribution in [2.24, 2.45) is 13.0 Å². The molecule has 0 spiro atoms. The molecule has 0 saturated carbocycles. The van der Waals surface area contributed by atoms with Crippen LogP contribution >= 0.6 is 0 Å². The summed E-state index contributed by atoms with van der Waals surface area (Å²) >= 11 is 0. The summed E-state index contributed by atoms with van der Waals surface area (Å²) in [5, 5.41) is 6.64. The monoisotopic (exact) mass is 740 g/mol.